The van der Waals surface area contributed by atoms with E-state index >= 15 is 0 Å². The standard InChI is InChI=1S/C16H13ClFN3O3/c1-16(15(23)21-13-12(24-16)3-2-6-19-13)14(22)20-8-9-4-5-11(18)10(17)7-9/h2-7H,8H2,1H3,(H,20,22)(H,19,21,23)/t16-/m1/s1. The molecule has 0 saturated carbocycles. The average Bonchev–Trinajstić information content (AvgIpc) is 2.56. The van der Waals surface area contributed by atoms with Crippen LogP contribution < -0.4 is 15.4 Å². The van der Waals surface area contributed by atoms with Crippen LogP contribution in [-0.4, -0.2) is 22.4 Å². The predicted octanol–water partition coefficient (Wildman–Crippen LogP) is 2.28. The second kappa shape index (κ2) is 6.09. The zero-order valence-electron chi connectivity index (χ0n) is 12.6. The van der Waals surface area contributed by atoms with Crippen LogP contribution in [0.1, 0.15) is 12.5 Å². The minimum atomic E-state index is -1.74. The molecule has 0 fully saturated rings. The Morgan fingerprint density at radius 1 is 1.46 bits per heavy atom. The first-order valence-electron chi connectivity index (χ1n) is 7.08. The molecule has 2 amide bonds. The molecule has 1 aliphatic rings. The molecule has 1 atom stereocenters. The lowest BCUT2D eigenvalue weighted by atomic mass is 10.0. The van der Waals surface area contributed by atoms with E-state index in [1.165, 1.54) is 31.3 Å². The van der Waals surface area contributed by atoms with Crippen LogP contribution in [0.3, 0.4) is 0 Å². The zero-order valence-corrected chi connectivity index (χ0v) is 13.4. The first kappa shape index (κ1) is 16.2. The van der Waals surface area contributed by atoms with Gasteiger partial charge in [0.1, 0.15) is 5.82 Å². The van der Waals surface area contributed by atoms with Crippen molar-refractivity contribution in [3.63, 3.8) is 0 Å². The third-order valence-electron chi connectivity index (χ3n) is 3.62. The number of aromatic nitrogens is 1. The fraction of sp³-hybridized carbons (Fsp3) is 0.188. The van der Waals surface area contributed by atoms with Crippen molar-refractivity contribution in [3.8, 4) is 5.75 Å². The van der Waals surface area contributed by atoms with Crippen molar-refractivity contribution in [2.75, 3.05) is 5.32 Å². The van der Waals surface area contributed by atoms with Crippen LogP contribution in [0.2, 0.25) is 5.02 Å². The molecule has 0 aliphatic carbocycles. The third-order valence-corrected chi connectivity index (χ3v) is 3.91. The summed E-state index contributed by atoms with van der Waals surface area (Å²) in [5.74, 6) is -1.23. The fourth-order valence-electron chi connectivity index (χ4n) is 2.21. The average molecular weight is 350 g/mol. The highest BCUT2D eigenvalue weighted by molar-refractivity contribution is 6.30. The number of amides is 2. The van der Waals surface area contributed by atoms with E-state index in [1.54, 1.807) is 12.1 Å². The molecule has 2 N–H and O–H groups in total. The van der Waals surface area contributed by atoms with Crippen LogP contribution >= 0.6 is 11.6 Å². The van der Waals surface area contributed by atoms with Crippen LogP contribution in [0.15, 0.2) is 36.5 Å². The number of nitrogens with zero attached hydrogens (tertiary/aromatic N) is 1. The molecule has 0 unspecified atom stereocenters. The van der Waals surface area contributed by atoms with Crippen molar-refractivity contribution >= 4 is 29.2 Å². The van der Waals surface area contributed by atoms with E-state index in [9.17, 15) is 14.0 Å². The second-order valence-corrected chi connectivity index (χ2v) is 5.78. The first-order valence-corrected chi connectivity index (χ1v) is 7.45. The molecule has 0 saturated heterocycles. The van der Waals surface area contributed by atoms with Gasteiger partial charge in [-0.15, -0.1) is 0 Å². The smallest absolute Gasteiger partial charge is 0.279 e. The van der Waals surface area contributed by atoms with Crippen LogP contribution in [-0.2, 0) is 16.1 Å². The van der Waals surface area contributed by atoms with Gasteiger partial charge in [-0.05, 0) is 36.8 Å². The summed E-state index contributed by atoms with van der Waals surface area (Å²) in [6.07, 6.45) is 1.50. The van der Waals surface area contributed by atoms with Crippen molar-refractivity contribution in [1.82, 2.24) is 10.3 Å². The van der Waals surface area contributed by atoms with Crippen molar-refractivity contribution in [2.45, 2.75) is 19.1 Å². The number of anilines is 1. The van der Waals surface area contributed by atoms with E-state index < -0.39 is 23.2 Å². The number of halogens is 2. The SMILES string of the molecule is C[C@]1(C(=O)NCc2ccc(F)c(Cl)c2)Oc2cccnc2NC1=O. The third kappa shape index (κ3) is 2.90. The van der Waals surface area contributed by atoms with E-state index in [-0.39, 0.29) is 17.4 Å². The number of hydrogen-bond donors (Lipinski definition) is 2. The number of pyridine rings is 1. The van der Waals surface area contributed by atoms with E-state index in [2.05, 4.69) is 15.6 Å². The maximum absolute atomic E-state index is 13.1. The molecule has 3 rings (SSSR count). The number of benzene rings is 1. The molecule has 24 heavy (non-hydrogen) atoms. The summed E-state index contributed by atoms with van der Waals surface area (Å²) in [6.45, 7) is 1.44. The number of hydrogen-bond acceptors (Lipinski definition) is 4. The van der Waals surface area contributed by atoms with Gasteiger partial charge in [0.25, 0.3) is 17.4 Å². The molecule has 6 nitrogen and oxygen atoms in total. The van der Waals surface area contributed by atoms with E-state index in [4.69, 9.17) is 16.3 Å². The summed E-state index contributed by atoms with van der Waals surface area (Å²) >= 11 is 5.70. The molecule has 2 heterocycles. The zero-order chi connectivity index (χ0) is 17.3. The van der Waals surface area contributed by atoms with Crippen LogP contribution in [0.4, 0.5) is 10.2 Å². The molecule has 2 aromatic rings. The lowest BCUT2D eigenvalue weighted by Crippen LogP contribution is -2.58. The first-order chi connectivity index (χ1) is 11.4. The second-order valence-electron chi connectivity index (χ2n) is 5.37. The lowest BCUT2D eigenvalue weighted by molar-refractivity contribution is -0.146. The normalized spacial score (nSPS) is 19.0. The van der Waals surface area contributed by atoms with Gasteiger partial charge in [0, 0.05) is 12.7 Å². The largest absolute Gasteiger partial charge is 0.464 e. The van der Waals surface area contributed by atoms with Crippen molar-refractivity contribution in [3.05, 3.63) is 52.9 Å². The highest BCUT2D eigenvalue weighted by Crippen LogP contribution is 2.31. The maximum atomic E-state index is 13.1. The Kier molecular flexibility index (Phi) is 4.11. The van der Waals surface area contributed by atoms with Crippen molar-refractivity contribution < 1.29 is 18.7 Å². The lowest BCUT2D eigenvalue weighted by Gasteiger charge is -2.32. The Bertz CT molecular complexity index is 830. The van der Waals surface area contributed by atoms with Gasteiger partial charge in [0.15, 0.2) is 11.6 Å². The number of rotatable bonds is 3. The van der Waals surface area contributed by atoms with E-state index in [0.29, 0.717) is 11.3 Å². The molecule has 0 radical (unpaired) electrons. The molecule has 1 aromatic heterocycles. The summed E-state index contributed by atoms with van der Waals surface area (Å²) in [4.78, 5) is 28.6. The van der Waals surface area contributed by atoms with Crippen LogP contribution in [0.25, 0.3) is 0 Å². The minimum Gasteiger partial charge on any atom is -0.464 e. The van der Waals surface area contributed by atoms with Crippen molar-refractivity contribution in [2.24, 2.45) is 0 Å². The van der Waals surface area contributed by atoms with Gasteiger partial charge < -0.3 is 15.4 Å². The Labute approximate surface area is 142 Å². The molecule has 0 spiro atoms. The summed E-state index contributed by atoms with van der Waals surface area (Å²) in [5, 5.41) is 5.09. The fourth-order valence-corrected chi connectivity index (χ4v) is 2.41. The van der Waals surface area contributed by atoms with E-state index in [1.807, 2.05) is 0 Å². The Balaban J connectivity index is 1.74. The molecule has 8 heteroatoms. The van der Waals surface area contributed by atoms with Gasteiger partial charge in [-0.2, -0.15) is 0 Å². The Hall–Kier alpha value is -2.67. The molecular weight excluding hydrogens is 337 g/mol. The number of carbonyl (C=O) groups excluding carboxylic acids is 2. The van der Waals surface area contributed by atoms with E-state index in [0.717, 1.165) is 0 Å². The Morgan fingerprint density at radius 3 is 3.00 bits per heavy atom. The molecule has 1 aliphatic heterocycles. The quantitative estimate of drug-likeness (QED) is 0.833. The topological polar surface area (TPSA) is 80.3 Å². The summed E-state index contributed by atoms with van der Waals surface area (Å²) in [5.41, 5.74) is -1.14. The van der Waals surface area contributed by atoms with Gasteiger partial charge in [-0.3, -0.25) is 9.59 Å². The molecule has 124 valence electrons. The number of carbonyl (C=O) groups is 2. The highest BCUT2D eigenvalue weighted by Gasteiger charge is 2.47. The number of fused-ring (bicyclic) bond motifs is 1. The number of ether oxygens (including phenoxy) is 1. The molecule has 1 aromatic carbocycles. The molecule has 0 bridgehead atoms. The van der Waals surface area contributed by atoms with Crippen molar-refractivity contribution in [1.29, 1.82) is 0 Å². The molecular formula is C16H13ClFN3O3. The van der Waals surface area contributed by atoms with Gasteiger partial charge in [-0.1, -0.05) is 17.7 Å². The van der Waals surface area contributed by atoms with Crippen LogP contribution in [0, 0.1) is 5.82 Å². The number of nitrogens with one attached hydrogen (secondary N) is 2. The summed E-state index contributed by atoms with van der Waals surface area (Å²) in [6, 6.07) is 7.34. The Morgan fingerprint density at radius 2 is 2.25 bits per heavy atom. The van der Waals surface area contributed by atoms with Gasteiger partial charge in [-0.25, -0.2) is 9.37 Å². The van der Waals surface area contributed by atoms with Gasteiger partial charge in [0.2, 0.25) is 0 Å². The van der Waals surface area contributed by atoms with Crippen LogP contribution in [0.5, 0.6) is 5.75 Å². The monoisotopic (exact) mass is 349 g/mol. The van der Waals surface area contributed by atoms with Gasteiger partial charge >= 0.3 is 0 Å². The maximum Gasteiger partial charge on any atom is 0.279 e. The summed E-state index contributed by atoms with van der Waals surface area (Å²) < 4.78 is 18.7. The van der Waals surface area contributed by atoms with Gasteiger partial charge in [0.05, 0.1) is 5.02 Å². The minimum absolute atomic E-state index is 0.0420. The highest BCUT2D eigenvalue weighted by atomic mass is 35.5. The predicted molar refractivity (Wildman–Crippen MR) is 85.2 cm³/mol. The summed E-state index contributed by atoms with van der Waals surface area (Å²) in [7, 11) is 0.